The number of hydrogen-bond donors (Lipinski definition) is 2. The highest BCUT2D eigenvalue weighted by Crippen LogP contribution is 2.28. The monoisotopic (exact) mass is 247 g/mol. The van der Waals surface area contributed by atoms with Crippen molar-refractivity contribution >= 4 is 33.3 Å². The Balaban J connectivity index is 2.59. The molecule has 0 bridgehead atoms. The molecule has 17 heavy (non-hydrogen) atoms. The highest BCUT2D eigenvalue weighted by Gasteiger charge is 2.11. The Morgan fingerprint density at radius 2 is 1.94 bits per heavy atom. The Morgan fingerprint density at radius 1 is 1.24 bits per heavy atom. The van der Waals surface area contributed by atoms with Gasteiger partial charge in [-0.05, 0) is 47.9 Å². The van der Waals surface area contributed by atoms with Gasteiger partial charge in [0, 0.05) is 10.3 Å². The molecule has 4 N–H and O–H groups in total. The van der Waals surface area contributed by atoms with E-state index >= 15 is 0 Å². The van der Waals surface area contributed by atoms with Crippen LogP contribution in [0.5, 0.6) is 0 Å². The quantitative estimate of drug-likeness (QED) is 0.596. The van der Waals surface area contributed by atoms with Gasteiger partial charge in [0.15, 0.2) is 5.96 Å². The average molecular weight is 247 g/mol. The van der Waals surface area contributed by atoms with Gasteiger partial charge >= 0.3 is 0 Å². The Kier molecular flexibility index (Phi) is 2.85. The van der Waals surface area contributed by atoms with E-state index in [4.69, 9.17) is 11.5 Å². The van der Waals surface area contributed by atoms with Crippen LogP contribution in [0.1, 0.15) is 21.5 Å². The van der Waals surface area contributed by atoms with Gasteiger partial charge in [-0.1, -0.05) is 0 Å². The zero-order valence-electron chi connectivity index (χ0n) is 9.65. The molecule has 0 spiro atoms. The van der Waals surface area contributed by atoms with E-state index in [2.05, 4.69) is 17.3 Å². The molecule has 1 amide bonds. The zero-order valence-corrected chi connectivity index (χ0v) is 10.5. The Morgan fingerprint density at radius 3 is 2.59 bits per heavy atom. The standard InChI is InChI=1S/C12H13N3OS/c1-6-3-8-7(2)5-17-10(8)4-9(6)11(16)15-12(13)14/h3-5H,1-2H3,(H4,13,14,15,16). The molecular formula is C12H13N3OS. The SMILES string of the molecule is Cc1cc2c(C)csc2cc1C(=O)N=C(N)N. The molecular weight excluding hydrogens is 234 g/mol. The predicted octanol–water partition coefficient (Wildman–Crippen LogP) is 1.93. The highest BCUT2D eigenvalue weighted by molar-refractivity contribution is 7.17. The second-order valence-corrected chi connectivity index (χ2v) is 4.84. The number of nitrogens with two attached hydrogens (primary N) is 2. The predicted molar refractivity (Wildman–Crippen MR) is 71.4 cm³/mol. The van der Waals surface area contributed by atoms with Crippen molar-refractivity contribution in [3.05, 3.63) is 34.2 Å². The number of rotatable bonds is 1. The van der Waals surface area contributed by atoms with E-state index in [9.17, 15) is 4.79 Å². The summed E-state index contributed by atoms with van der Waals surface area (Å²) in [5, 5.41) is 3.24. The first-order valence-electron chi connectivity index (χ1n) is 5.11. The van der Waals surface area contributed by atoms with Gasteiger partial charge in [0.25, 0.3) is 5.91 Å². The Labute approximate surface area is 103 Å². The molecule has 1 aromatic carbocycles. The smallest absolute Gasteiger partial charge is 0.280 e. The topological polar surface area (TPSA) is 81.5 Å². The largest absolute Gasteiger partial charge is 0.370 e. The lowest BCUT2D eigenvalue weighted by Gasteiger charge is -2.03. The van der Waals surface area contributed by atoms with Crippen LogP contribution >= 0.6 is 11.3 Å². The molecule has 2 rings (SSSR count). The Bertz CT molecular complexity index is 624. The number of carbonyl (C=O) groups excluding carboxylic acids is 1. The van der Waals surface area contributed by atoms with E-state index in [1.807, 2.05) is 19.1 Å². The summed E-state index contributed by atoms with van der Waals surface area (Å²) in [6.45, 7) is 3.93. The molecule has 0 aliphatic rings. The molecule has 0 unspecified atom stereocenters. The van der Waals surface area contributed by atoms with Crippen molar-refractivity contribution in [1.29, 1.82) is 0 Å². The third kappa shape index (κ3) is 2.14. The van der Waals surface area contributed by atoms with Crippen LogP contribution in [-0.4, -0.2) is 11.9 Å². The van der Waals surface area contributed by atoms with Crippen LogP contribution in [0, 0.1) is 13.8 Å². The van der Waals surface area contributed by atoms with Gasteiger partial charge in [-0.3, -0.25) is 4.79 Å². The number of aryl methyl sites for hydroxylation is 2. The highest BCUT2D eigenvalue weighted by atomic mass is 32.1. The minimum absolute atomic E-state index is 0.211. The molecule has 5 heteroatoms. The van der Waals surface area contributed by atoms with Gasteiger partial charge in [-0.25, -0.2) is 0 Å². The van der Waals surface area contributed by atoms with E-state index in [1.54, 1.807) is 11.3 Å². The first-order valence-corrected chi connectivity index (χ1v) is 5.99. The molecule has 2 aromatic rings. The number of carbonyl (C=O) groups is 1. The fourth-order valence-electron chi connectivity index (χ4n) is 1.72. The van der Waals surface area contributed by atoms with E-state index in [0.717, 1.165) is 10.3 Å². The summed E-state index contributed by atoms with van der Waals surface area (Å²) in [5.74, 6) is -0.604. The number of amides is 1. The zero-order chi connectivity index (χ0) is 12.6. The normalized spacial score (nSPS) is 10.5. The van der Waals surface area contributed by atoms with E-state index in [0.29, 0.717) is 5.56 Å². The summed E-state index contributed by atoms with van der Waals surface area (Å²) in [5.41, 5.74) is 13.1. The number of fused-ring (bicyclic) bond motifs is 1. The summed E-state index contributed by atoms with van der Waals surface area (Å²) < 4.78 is 1.07. The molecule has 1 aromatic heterocycles. The summed E-state index contributed by atoms with van der Waals surface area (Å²) >= 11 is 1.61. The molecule has 0 aliphatic heterocycles. The fourth-order valence-corrected chi connectivity index (χ4v) is 2.68. The molecule has 0 fully saturated rings. The molecule has 0 saturated carbocycles. The summed E-state index contributed by atoms with van der Waals surface area (Å²) in [4.78, 5) is 15.3. The minimum Gasteiger partial charge on any atom is -0.370 e. The van der Waals surface area contributed by atoms with Gasteiger partial charge in [-0.2, -0.15) is 4.99 Å². The van der Waals surface area contributed by atoms with Crippen molar-refractivity contribution in [3.63, 3.8) is 0 Å². The van der Waals surface area contributed by atoms with Crippen LogP contribution < -0.4 is 11.5 Å². The van der Waals surface area contributed by atoms with Crippen LogP contribution in [0.3, 0.4) is 0 Å². The van der Waals surface area contributed by atoms with Crippen molar-refractivity contribution in [2.45, 2.75) is 13.8 Å². The summed E-state index contributed by atoms with van der Waals surface area (Å²) in [6.07, 6.45) is 0. The second-order valence-electron chi connectivity index (χ2n) is 3.92. The minimum atomic E-state index is -0.393. The van der Waals surface area contributed by atoms with Crippen molar-refractivity contribution < 1.29 is 4.79 Å². The molecule has 0 atom stereocenters. The number of benzene rings is 1. The van der Waals surface area contributed by atoms with Crippen LogP contribution in [0.4, 0.5) is 0 Å². The van der Waals surface area contributed by atoms with Crippen molar-refractivity contribution in [3.8, 4) is 0 Å². The van der Waals surface area contributed by atoms with Crippen LogP contribution in [-0.2, 0) is 0 Å². The maximum Gasteiger partial charge on any atom is 0.280 e. The van der Waals surface area contributed by atoms with Gasteiger partial charge in [0.1, 0.15) is 0 Å². The van der Waals surface area contributed by atoms with Gasteiger partial charge in [0.05, 0.1) is 0 Å². The van der Waals surface area contributed by atoms with Crippen molar-refractivity contribution in [2.24, 2.45) is 16.5 Å². The molecule has 4 nitrogen and oxygen atoms in total. The lowest BCUT2D eigenvalue weighted by atomic mass is 10.0. The maximum absolute atomic E-state index is 11.8. The maximum atomic E-state index is 11.8. The summed E-state index contributed by atoms with van der Waals surface area (Å²) in [7, 11) is 0. The number of hydrogen-bond acceptors (Lipinski definition) is 2. The molecule has 88 valence electrons. The third-order valence-corrected chi connectivity index (χ3v) is 3.64. The molecule has 0 radical (unpaired) electrons. The number of guanidine groups is 1. The fraction of sp³-hybridized carbons (Fsp3) is 0.167. The first-order chi connectivity index (χ1) is 7.99. The lowest BCUT2D eigenvalue weighted by molar-refractivity contribution is 0.100. The van der Waals surface area contributed by atoms with Crippen LogP contribution in [0.25, 0.3) is 10.1 Å². The number of aliphatic imine (C=N–C) groups is 1. The first kappa shape index (κ1) is 11.6. The Hall–Kier alpha value is -1.88. The average Bonchev–Trinajstić information content (AvgIpc) is 2.58. The van der Waals surface area contributed by atoms with Gasteiger partial charge in [0.2, 0.25) is 0 Å². The second kappa shape index (κ2) is 4.18. The van der Waals surface area contributed by atoms with Crippen molar-refractivity contribution in [1.82, 2.24) is 0 Å². The molecule has 1 heterocycles. The van der Waals surface area contributed by atoms with Gasteiger partial charge < -0.3 is 11.5 Å². The molecule has 0 saturated heterocycles. The number of nitrogens with zero attached hydrogens (tertiary/aromatic N) is 1. The summed E-state index contributed by atoms with van der Waals surface area (Å²) in [6, 6.07) is 3.84. The van der Waals surface area contributed by atoms with E-state index in [1.165, 1.54) is 10.9 Å². The van der Waals surface area contributed by atoms with Crippen LogP contribution in [0.2, 0.25) is 0 Å². The number of thiophene rings is 1. The van der Waals surface area contributed by atoms with Gasteiger partial charge in [-0.15, -0.1) is 11.3 Å². The van der Waals surface area contributed by atoms with Crippen LogP contribution in [0.15, 0.2) is 22.5 Å². The third-order valence-electron chi connectivity index (χ3n) is 2.58. The van der Waals surface area contributed by atoms with Crippen molar-refractivity contribution in [2.75, 3.05) is 0 Å². The van der Waals surface area contributed by atoms with E-state index in [-0.39, 0.29) is 5.96 Å². The molecule has 0 aliphatic carbocycles. The van der Waals surface area contributed by atoms with E-state index < -0.39 is 5.91 Å². The lowest BCUT2D eigenvalue weighted by Crippen LogP contribution is -2.24.